The van der Waals surface area contributed by atoms with Crippen LogP contribution in [0.5, 0.6) is 0 Å². The minimum Gasteiger partial charge on any atom is -0.378 e. The Morgan fingerprint density at radius 1 is 1.32 bits per heavy atom. The quantitative estimate of drug-likeness (QED) is 0.821. The van der Waals surface area contributed by atoms with Gasteiger partial charge in [-0.3, -0.25) is 14.7 Å². The second-order valence-electron chi connectivity index (χ2n) is 7.98. The van der Waals surface area contributed by atoms with Crippen molar-refractivity contribution < 1.29 is 14.3 Å². The Morgan fingerprint density at radius 3 is 2.68 bits per heavy atom. The standard InChI is InChI=1S/C21H26N4O3/c1-14(2)25-19-16(10-15(13-26)11-17(19)18-4-5-22-23-18)12-21(25,3)20(27)24-6-8-28-9-7-24/h4-5,10-11,13-14H,6-9,12H2,1-3H3,(H,22,23). The van der Waals surface area contributed by atoms with E-state index in [1.807, 2.05) is 30.0 Å². The predicted octanol–water partition coefficient (Wildman–Crippen LogP) is 2.28. The largest absolute Gasteiger partial charge is 0.378 e. The fourth-order valence-corrected chi connectivity index (χ4v) is 4.63. The van der Waals surface area contributed by atoms with E-state index < -0.39 is 5.54 Å². The van der Waals surface area contributed by atoms with Gasteiger partial charge in [-0.25, -0.2) is 0 Å². The summed E-state index contributed by atoms with van der Waals surface area (Å²) in [6, 6.07) is 5.79. The lowest BCUT2D eigenvalue weighted by molar-refractivity contribution is -0.140. The van der Waals surface area contributed by atoms with E-state index in [-0.39, 0.29) is 11.9 Å². The van der Waals surface area contributed by atoms with Gasteiger partial charge in [0.15, 0.2) is 0 Å². The lowest BCUT2D eigenvalue weighted by Crippen LogP contribution is -2.60. The van der Waals surface area contributed by atoms with E-state index in [2.05, 4.69) is 28.9 Å². The Kier molecular flexibility index (Phi) is 4.71. The van der Waals surface area contributed by atoms with Crippen molar-refractivity contribution in [1.29, 1.82) is 0 Å². The van der Waals surface area contributed by atoms with E-state index in [9.17, 15) is 9.59 Å². The summed E-state index contributed by atoms with van der Waals surface area (Å²) in [4.78, 5) is 29.3. The van der Waals surface area contributed by atoms with Gasteiger partial charge in [0.25, 0.3) is 0 Å². The van der Waals surface area contributed by atoms with Crippen molar-refractivity contribution in [2.24, 2.45) is 0 Å². The normalized spacial score (nSPS) is 21.9. The van der Waals surface area contributed by atoms with E-state index in [4.69, 9.17) is 4.74 Å². The van der Waals surface area contributed by atoms with Gasteiger partial charge in [-0.1, -0.05) is 0 Å². The fraction of sp³-hybridized carbons (Fsp3) is 0.476. The third kappa shape index (κ3) is 2.90. The van der Waals surface area contributed by atoms with Crippen molar-refractivity contribution in [3.63, 3.8) is 0 Å². The number of hydrogen-bond acceptors (Lipinski definition) is 5. The third-order valence-corrected chi connectivity index (χ3v) is 5.72. The highest BCUT2D eigenvalue weighted by molar-refractivity contribution is 5.97. The molecule has 1 N–H and O–H groups in total. The van der Waals surface area contributed by atoms with Crippen LogP contribution in [-0.2, 0) is 16.0 Å². The average molecular weight is 382 g/mol. The van der Waals surface area contributed by atoms with Crippen LogP contribution in [-0.4, -0.2) is 65.2 Å². The first-order valence-electron chi connectivity index (χ1n) is 9.74. The van der Waals surface area contributed by atoms with Crippen LogP contribution >= 0.6 is 0 Å². The van der Waals surface area contributed by atoms with Crippen molar-refractivity contribution in [1.82, 2.24) is 15.1 Å². The molecule has 7 nitrogen and oxygen atoms in total. The SMILES string of the molecule is CC(C)N1c2c(cc(C=O)cc2-c2ccn[nH]2)CC1(C)C(=O)N1CCOCC1. The molecule has 0 aliphatic carbocycles. The topological polar surface area (TPSA) is 78.5 Å². The molecule has 0 radical (unpaired) electrons. The molecule has 3 heterocycles. The molecule has 1 atom stereocenters. The summed E-state index contributed by atoms with van der Waals surface area (Å²) in [5, 5.41) is 7.08. The van der Waals surface area contributed by atoms with Crippen LogP contribution in [0.15, 0.2) is 24.4 Å². The van der Waals surface area contributed by atoms with Crippen molar-refractivity contribution in [2.45, 2.75) is 38.8 Å². The maximum absolute atomic E-state index is 13.6. The zero-order valence-corrected chi connectivity index (χ0v) is 16.6. The van der Waals surface area contributed by atoms with Gasteiger partial charge in [0.1, 0.15) is 11.8 Å². The number of amides is 1. The maximum Gasteiger partial charge on any atom is 0.248 e. The number of rotatable bonds is 4. The van der Waals surface area contributed by atoms with E-state index in [0.29, 0.717) is 38.3 Å². The van der Waals surface area contributed by atoms with Gasteiger partial charge in [-0.05, 0) is 44.5 Å². The summed E-state index contributed by atoms with van der Waals surface area (Å²) in [5.41, 5.74) is 3.68. The molecule has 7 heteroatoms. The van der Waals surface area contributed by atoms with Crippen LogP contribution in [0.3, 0.4) is 0 Å². The number of aromatic amines is 1. The van der Waals surface area contributed by atoms with Gasteiger partial charge >= 0.3 is 0 Å². The van der Waals surface area contributed by atoms with Crippen LogP contribution in [0.4, 0.5) is 5.69 Å². The number of benzene rings is 1. The highest BCUT2D eigenvalue weighted by atomic mass is 16.5. The second kappa shape index (κ2) is 7.05. The summed E-state index contributed by atoms with van der Waals surface area (Å²) in [6.07, 6.45) is 3.13. The summed E-state index contributed by atoms with van der Waals surface area (Å²) in [7, 11) is 0. The smallest absolute Gasteiger partial charge is 0.248 e. The first-order valence-corrected chi connectivity index (χ1v) is 9.74. The van der Waals surface area contributed by atoms with Gasteiger partial charge in [0, 0.05) is 42.9 Å². The number of nitrogens with zero attached hydrogens (tertiary/aromatic N) is 3. The number of hydrogen-bond donors (Lipinski definition) is 1. The molecule has 4 rings (SSSR count). The third-order valence-electron chi connectivity index (χ3n) is 5.72. The van der Waals surface area contributed by atoms with E-state index in [1.165, 1.54) is 0 Å². The molecule has 1 saturated heterocycles. The monoisotopic (exact) mass is 382 g/mol. The first-order chi connectivity index (χ1) is 13.5. The molecule has 1 aromatic heterocycles. The Labute approximate surface area is 164 Å². The molecule has 2 aromatic rings. The van der Waals surface area contributed by atoms with E-state index in [0.717, 1.165) is 28.8 Å². The predicted molar refractivity (Wildman–Crippen MR) is 107 cm³/mol. The lowest BCUT2D eigenvalue weighted by atomic mass is 9.93. The summed E-state index contributed by atoms with van der Waals surface area (Å²) in [5.74, 6) is 0.115. The Balaban J connectivity index is 1.84. The highest BCUT2D eigenvalue weighted by Gasteiger charge is 2.50. The number of ether oxygens (including phenoxy) is 1. The van der Waals surface area contributed by atoms with Crippen LogP contribution < -0.4 is 4.90 Å². The number of carbonyl (C=O) groups excluding carboxylic acids is 2. The summed E-state index contributed by atoms with van der Waals surface area (Å²) >= 11 is 0. The number of fused-ring (bicyclic) bond motifs is 1. The van der Waals surface area contributed by atoms with Crippen molar-refractivity contribution in [3.05, 3.63) is 35.5 Å². The zero-order chi connectivity index (χ0) is 19.9. The molecular weight excluding hydrogens is 356 g/mol. The van der Waals surface area contributed by atoms with Crippen LogP contribution in [0.25, 0.3) is 11.3 Å². The number of aromatic nitrogens is 2. The van der Waals surface area contributed by atoms with Crippen LogP contribution in [0.1, 0.15) is 36.7 Å². The number of nitrogens with one attached hydrogen (secondary N) is 1. The number of carbonyl (C=O) groups is 2. The average Bonchev–Trinajstić information content (AvgIpc) is 3.33. The molecular formula is C21H26N4O3. The Morgan fingerprint density at radius 2 is 2.07 bits per heavy atom. The van der Waals surface area contributed by atoms with E-state index in [1.54, 1.807) is 6.20 Å². The minimum absolute atomic E-state index is 0.111. The minimum atomic E-state index is -0.704. The van der Waals surface area contributed by atoms with Gasteiger partial charge in [0.2, 0.25) is 5.91 Å². The maximum atomic E-state index is 13.6. The Bertz CT molecular complexity index is 887. The molecule has 2 aliphatic heterocycles. The van der Waals surface area contributed by atoms with Gasteiger partial charge in [0.05, 0.1) is 24.6 Å². The summed E-state index contributed by atoms with van der Waals surface area (Å²) in [6.45, 7) is 8.60. The second-order valence-corrected chi connectivity index (χ2v) is 7.98. The highest BCUT2D eigenvalue weighted by Crippen LogP contribution is 2.47. The van der Waals surface area contributed by atoms with Crippen LogP contribution in [0.2, 0.25) is 0 Å². The molecule has 1 amide bonds. The summed E-state index contributed by atoms with van der Waals surface area (Å²) < 4.78 is 5.42. The number of anilines is 1. The van der Waals surface area contributed by atoms with E-state index >= 15 is 0 Å². The number of H-pyrrole nitrogens is 1. The number of morpholine rings is 1. The van der Waals surface area contributed by atoms with Crippen LogP contribution in [0, 0.1) is 0 Å². The lowest BCUT2D eigenvalue weighted by Gasteiger charge is -2.43. The molecule has 0 bridgehead atoms. The number of aldehydes is 1. The fourth-order valence-electron chi connectivity index (χ4n) is 4.63. The van der Waals surface area contributed by atoms with Gasteiger partial charge < -0.3 is 14.5 Å². The van der Waals surface area contributed by atoms with Gasteiger partial charge in [-0.15, -0.1) is 0 Å². The molecule has 1 unspecified atom stereocenters. The first kappa shape index (κ1) is 18.7. The molecule has 0 saturated carbocycles. The Hall–Kier alpha value is -2.67. The molecule has 148 valence electrons. The van der Waals surface area contributed by atoms with Crippen molar-refractivity contribution in [2.75, 3.05) is 31.2 Å². The van der Waals surface area contributed by atoms with Crippen molar-refractivity contribution >= 4 is 17.9 Å². The zero-order valence-electron chi connectivity index (χ0n) is 16.6. The molecule has 1 aromatic carbocycles. The molecule has 1 fully saturated rings. The molecule has 0 spiro atoms. The van der Waals surface area contributed by atoms with Crippen molar-refractivity contribution in [3.8, 4) is 11.3 Å². The van der Waals surface area contributed by atoms with Gasteiger partial charge in [-0.2, -0.15) is 5.10 Å². The molecule has 28 heavy (non-hydrogen) atoms. The molecule has 2 aliphatic rings.